The lowest BCUT2D eigenvalue weighted by Gasteiger charge is -2.34. The fourth-order valence-corrected chi connectivity index (χ4v) is 5.21. The lowest BCUT2D eigenvalue weighted by molar-refractivity contribution is 0.0597. The standard InChI is InChI=1S/C26H38N6O3.2ClH/c1-16-7-12-20-19(15-16)24(31-22-6-4-3-5-21(22)29-23(27)13-14-33)32-25(30-20)26(34)28-17-8-10-18(35-2)11-9-17;;/h7,12,15,17-18,21-22,33H,3-6,8-11,13-14H2,1-2H3,(H2,27,29)(H,28,34)(H,30,31,32);2*1H/t17-,18-,21-,22+;;/m1../s1. The van der Waals surface area contributed by atoms with Crippen molar-refractivity contribution in [2.45, 2.75) is 88.9 Å². The van der Waals surface area contributed by atoms with Gasteiger partial charge in [-0.1, -0.05) is 24.5 Å². The van der Waals surface area contributed by atoms with E-state index in [1.807, 2.05) is 25.1 Å². The number of aliphatic hydroxyl groups is 1. The molecule has 2 aliphatic rings. The normalized spacial score (nSPS) is 23.3. The quantitative estimate of drug-likeness (QED) is 0.244. The molecule has 2 aromatic rings. The first-order chi connectivity index (χ1) is 17.0. The van der Waals surface area contributed by atoms with Crippen molar-refractivity contribution in [1.82, 2.24) is 20.6 Å². The zero-order valence-electron chi connectivity index (χ0n) is 21.6. The number of hydrogen-bond donors (Lipinski definition) is 5. The van der Waals surface area contributed by atoms with Crippen molar-refractivity contribution in [3.63, 3.8) is 0 Å². The lowest BCUT2D eigenvalue weighted by Crippen LogP contribution is -2.48. The van der Waals surface area contributed by atoms with Crippen LogP contribution in [0.2, 0.25) is 0 Å². The molecule has 2 saturated carbocycles. The number of nitrogens with zero attached hydrogens (tertiary/aromatic N) is 2. The Morgan fingerprint density at radius 2 is 1.76 bits per heavy atom. The van der Waals surface area contributed by atoms with Gasteiger partial charge in [-0.25, -0.2) is 9.97 Å². The summed E-state index contributed by atoms with van der Waals surface area (Å²) in [7, 11) is 1.74. The Hall–Kier alpha value is -2.20. The van der Waals surface area contributed by atoms with Crippen LogP contribution in [0.15, 0.2) is 18.2 Å². The Kier molecular flexibility index (Phi) is 12.3. The molecule has 2 fully saturated rings. The number of aromatic nitrogens is 2. The Morgan fingerprint density at radius 3 is 2.43 bits per heavy atom. The number of rotatable bonds is 8. The van der Waals surface area contributed by atoms with Crippen LogP contribution >= 0.6 is 24.8 Å². The number of aryl methyl sites for hydroxylation is 1. The van der Waals surface area contributed by atoms with Crippen LogP contribution in [0.5, 0.6) is 0 Å². The van der Waals surface area contributed by atoms with Crippen molar-refractivity contribution in [3.05, 3.63) is 29.6 Å². The van der Waals surface area contributed by atoms with Crippen molar-refractivity contribution in [2.24, 2.45) is 0 Å². The topological polar surface area (TPSA) is 132 Å². The van der Waals surface area contributed by atoms with Gasteiger partial charge in [-0.15, -0.1) is 24.8 Å². The van der Waals surface area contributed by atoms with E-state index in [4.69, 9.17) is 15.1 Å². The van der Waals surface area contributed by atoms with Crippen LogP contribution in [0.1, 0.15) is 74.0 Å². The number of nitrogens with one attached hydrogen (secondary N) is 4. The first-order valence-corrected chi connectivity index (χ1v) is 12.8. The van der Waals surface area contributed by atoms with Crippen molar-refractivity contribution < 1.29 is 14.6 Å². The van der Waals surface area contributed by atoms with Gasteiger partial charge in [0.15, 0.2) is 0 Å². The summed E-state index contributed by atoms with van der Waals surface area (Å²) in [5, 5.41) is 28.2. The van der Waals surface area contributed by atoms with Crippen LogP contribution in [-0.2, 0) is 4.74 Å². The average Bonchev–Trinajstić information content (AvgIpc) is 2.86. The summed E-state index contributed by atoms with van der Waals surface area (Å²) in [6.07, 6.45) is 8.28. The van der Waals surface area contributed by atoms with E-state index in [0.717, 1.165) is 67.8 Å². The molecule has 2 atom stereocenters. The summed E-state index contributed by atoms with van der Waals surface area (Å²) in [5.74, 6) is 0.919. The second kappa shape index (κ2) is 14.7. The Labute approximate surface area is 231 Å². The third-order valence-corrected chi connectivity index (χ3v) is 7.21. The maximum atomic E-state index is 13.1. The molecule has 0 unspecified atom stereocenters. The van der Waals surface area contributed by atoms with Crippen LogP contribution in [-0.4, -0.2) is 64.8 Å². The predicted octanol–water partition coefficient (Wildman–Crippen LogP) is 4.14. The van der Waals surface area contributed by atoms with Gasteiger partial charge in [0, 0.05) is 37.0 Å². The maximum absolute atomic E-state index is 13.1. The molecule has 4 rings (SSSR count). The van der Waals surface area contributed by atoms with Gasteiger partial charge in [0.05, 0.1) is 24.1 Å². The summed E-state index contributed by atoms with van der Waals surface area (Å²) < 4.78 is 5.44. The van der Waals surface area contributed by atoms with Gasteiger partial charge >= 0.3 is 0 Å². The van der Waals surface area contributed by atoms with E-state index < -0.39 is 0 Å². The van der Waals surface area contributed by atoms with Crippen molar-refractivity contribution in [1.29, 1.82) is 5.41 Å². The number of anilines is 1. The highest BCUT2D eigenvalue weighted by Gasteiger charge is 2.28. The average molecular weight is 556 g/mol. The number of hydrogen-bond acceptors (Lipinski definition) is 7. The van der Waals surface area contributed by atoms with Gasteiger partial charge in [0.25, 0.3) is 5.91 Å². The van der Waals surface area contributed by atoms with Crippen LogP contribution < -0.4 is 16.0 Å². The monoisotopic (exact) mass is 554 g/mol. The molecule has 2 aliphatic carbocycles. The molecule has 0 spiro atoms. The summed E-state index contributed by atoms with van der Waals surface area (Å²) in [5.41, 5.74) is 1.83. The highest BCUT2D eigenvalue weighted by Crippen LogP contribution is 2.27. The molecule has 0 radical (unpaired) electrons. The van der Waals surface area contributed by atoms with Gasteiger partial charge < -0.3 is 25.8 Å². The fourth-order valence-electron chi connectivity index (χ4n) is 5.21. The Morgan fingerprint density at radius 1 is 1.05 bits per heavy atom. The number of aliphatic hydroxyl groups excluding tert-OH is 1. The summed E-state index contributed by atoms with van der Waals surface area (Å²) in [6.45, 7) is 1.99. The third-order valence-electron chi connectivity index (χ3n) is 7.21. The number of halogens is 2. The van der Waals surface area contributed by atoms with Crippen LogP contribution in [0.3, 0.4) is 0 Å². The van der Waals surface area contributed by atoms with Crippen molar-refractivity contribution in [3.8, 4) is 0 Å². The minimum atomic E-state index is -0.251. The highest BCUT2D eigenvalue weighted by atomic mass is 35.5. The van der Waals surface area contributed by atoms with Gasteiger partial charge in [0.1, 0.15) is 5.82 Å². The summed E-state index contributed by atoms with van der Waals surface area (Å²) >= 11 is 0. The third kappa shape index (κ3) is 8.14. The molecule has 11 heteroatoms. The number of benzene rings is 1. The Balaban J connectivity index is 0.00000241. The van der Waals surface area contributed by atoms with Crippen LogP contribution in [0, 0.1) is 12.3 Å². The summed E-state index contributed by atoms with van der Waals surface area (Å²) in [6, 6.07) is 6.20. The second-order valence-corrected chi connectivity index (χ2v) is 9.84. The SMILES string of the molecule is CO[C@H]1CC[C@H](NC(=O)c2nc(N[C@H]3CCCC[C@H]3NC(=N)CCO)c3cc(C)ccc3n2)CC1.Cl.Cl. The van der Waals surface area contributed by atoms with E-state index in [9.17, 15) is 9.90 Å². The fraction of sp³-hybridized carbons (Fsp3) is 0.615. The van der Waals surface area contributed by atoms with Crippen molar-refractivity contribution >= 4 is 53.3 Å². The van der Waals surface area contributed by atoms with E-state index in [0.29, 0.717) is 18.1 Å². The first kappa shape index (κ1) is 31.0. The predicted molar refractivity (Wildman–Crippen MR) is 152 cm³/mol. The number of fused-ring (bicyclic) bond motifs is 1. The zero-order chi connectivity index (χ0) is 24.8. The highest BCUT2D eigenvalue weighted by molar-refractivity contribution is 5.96. The van der Waals surface area contributed by atoms with Crippen LogP contribution in [0.25, 0.3) is 10.9 Å². The molecule has 206 valence electrons. The number of carbonyl (C=O) groups excluding carboxylic acids is 1. The zero-order valence-corrected chi connectivity index (χ0v) is 23.2. The van der Waals surface area contributed by atoms with Gasteiger partial charge in [-0.05, 0) is 57.6 Å². The molecular formula is C26H40Cl2N6O3. The lowest BCUT2D eigenvalue weighted by atomic mass is 9.90. The van der Waals surface area contributed by atoms with E-state index in [2.05, 4.69) is 20.9 Å². The Bertz CT molecular complexity index is 1050. The molecule has 1 aromatic heterocycles. The minimum absolute atomic E-state index is 0. The number of ether oxygens (including phenoxy) is 1. The minimum Gasteiger partial charge on any atom is -0.396 e. The van der Waals surface area contributed by atoms with Gasteiger partial charge in [-0.3, -0.25) is 10.2 Å². The molecular weight excluding hydrogens is 515 g/mol. The molecule has 37 heavy (non-hydrogen) atoms. The molecule has 1 amide bonds. The smallest absolute Gasteiger partial charge is 0.289 e. The molecule has 0 bridgehead atoms. The molecule has 0 saturated heterocycles. The molecule has 9 nitrogen and oxygen atoms in total. The second-order valence-electron chi connectivity index (χ2n) is 9.84. The van der Waals surface area contributed by atoms with Gasteiger partial charge in [0.2, 0.25) is 5.82 Å². The van der Waals surface area contributed by atoms with Crippen molar-refractivity contribution in [2.75, 3.05) is 19.0 Å². The number of methoxy groups -OCH3 is 1. The molecule has 1 aromatic carbocycles. The largest absolute Gasteiger partial charge is 0.396 e. The van der Waals surface area contributed by atoms with E-state index in [-0.39, 0.29) is 67.4 Å². The summed E-state index contributed by atoms with van der Waals surface area (Å²) in [4.78, 5) is 22.4. The number of amides is 1. The molecule has 1 heterocycles. The van der Waals surface area contributed by atoms with E-state index >= 15 is 0 Å². The van der Waals surface area contributed by atoms with E-state index in [1.54, 1.807) is 7.11 Å². The molecule has 0 aliphatic heterocycles. The first-order valence-electron chi connectivity index (χ1n) is 12.8. The van der Waals surface area contributed by atoms with Gasteiger partial charge in [-0.2, -0.15) is 0 Å². The van der Waals surface area contributed by atoms with Crippen LogP contribution in [0.4, 0.5) is 5.82 Å². The number of amidine groups is 1. The maximum Gasteiger partial charge on any atom is 0.289 e. The van der Waals surface area contributed by atoms with E-state index in [1.165, 1.54) is 0 Å². The number of carbonyl (C=O) groups is 1. The molecule has 5 N–H and O–H groups in total.